The number of benzene rings is 2. The van der Waals surface area contributed by atoms with E-state index in [0.717, 1.165) is 29.9 Å². The molecule has 2 heterocycles. The highest BCUT2D eigenvalue weighted by Crippen LogP contribution is 2.44. The number of halogens is 1. The summed E-state index contributed by atoms with van der Waals surface area (Å²) in [5, 5.41) is 11.3. The first-order valence-corrected chi connectivity index (χ1v) is 11.8. The van der Waals surface area contributed by atoms with E-state index in [4.69, 9.17) is 4.74 Å². The molecule has 1 aromatic heterocycles. The molecule has 0 saturated carbocycles. The smallest absolute Gasteiger partial charge is 0.301 e. The van der Waals surface area contributed by atoms with Gasteiger partial charge in [0.1, 0.15) is 17.3 Å². The Hall–Kier alpha value is -3.85. The Kier molecular flexibility index (Phi) is 6.79. The van der Waals surface area contributed by atoms with Crippen molar-refractivity contribution in [2.24, 2.45) is 0 Å². The Labute approximate surface area is 205 Å². The SMILES string of the molecule is CCCOc1cccc(C2/C(=C(\O)c3ccc(F)cc3)C(=O)C(=O)N2c2nc(C)c(C(C)=O)s2)c1. The van der Waals surface area contributed by atoms with E-state index in [1.54, 1.807) is 31.2 Å². The molecule has 1 unspecified atom stereocenters. The van der Waals surface area contributed by atoms with Crippen LogP contribution in [-0.2, 0) is 9.59 Å². The fourth-order valence-corrected chi connectivity index (χ4v) is 4.90. The fraction of sp³-hybridized carbons (Fsp3) is 0.231. The van der Waals surface area contributed by atoms with Gasteiger partial charge in [-0.15, -0.1) is 0 Å². The normalized spacial score (nSPS) is 17.1. The molecule has 1 amide bonds. The van der Waals surface area contributed by atoms with Crippen molar-refractivity contribution in [2.75, 3.05) is 11.5 Å². The molecule has 4 rings (SSSR count). The second kappa shape index (κ2) is 9.79. The van der Waals surface area contributed by atoms with Crippen LogP contribution >= 0.6 is 11.3 Å². The predicted octanol–water partition coefficient (Wildman–Crippen LogP) is 5.21. The summed E-state index contributed by atoms with van der Waals surface area (Å²) >= 11 is 1.01. The maximum Gasteiger partial charge on any atom is 0.301 e. The van der Waals surface area contributed by atoms with Gasteiger partial charge in [0, 0.05) is 12.5 Å². The summed E-state index contributed by atoms with van der Waals surface area (Å²) in [6.45, 7) is 5.50. The molecule has 3 aromatic rings. The highest BCUT2D eigenvalue weighted by Gasteiger charge is 2.48. The van der Waals surface area contributed by atoms with E-state index in [1.807, 2.05) is 6.92 Å². The lowest BCUT2D eigenvalue weighted by molar-refractivity contribution is -0.132. The molecule has 180 valence electrons. The third-order valence-corrected chi connectivity index (χ3v) is 6.78. The summed E-state index contributed by atoms with van der Waals surface area (Å²) < 4.78 is 19.2. The van der Waals surface area contributed by atoms with Crippen molar-refractivity contribution in [1.82, 2.24) is 4.98 Å². The molecule has 1 aliphatic rings. The number of aryl methyl sites for hydroxylation is 1. The van der Waals surface area contributed by atoms with E-state index in [2.05, 4.69) is 4.98 Å². The molecule has 0 bridgehead atoms. The number of thiazole rings is 1. The maximum atomic E-state index is 13.5. The Morgan fingerprint density at radius 2 is 1.91 bits per heavy atom. The second-order valence-corrected chi connectivity index (χ2v) is 9.04. The van der Waals surface area contributed by atoms with Gasteiger partial charge in [0.2, 0.25) is 0 Å². The number of hydrogen-bond donors (Lipinski definition) is 1. The van der Waals surface area contributed by atoms with Crippen LogP contribution in [0.1, 0.15) is 52.8 Å². The van der Waals surface area contributed by atoms with Crippen LogP contribution < -0.4 is 9.64 Å². The third kappa shape index (κ3) is 4.59. The van der Waals surface area contributed by atoms with Crippen LogP contribution in [0.15, 0.2) is 54.1 Å². The van der Waals surface area contributed by atoms with Crippen molar-refractivity contribution in [3.05, 3.63) is 81.6 Å². The third-order valence-electron chi connectivity index (χ3n) is 5.52. The summed E-state index contributed by atoms with van der Waals surface area (Å²) in [5.41, 5.74) is 0.981. The molecule has 0 aliphatic carbocycles. The van der Waals surface area contributed by atoms with Gasteiger partial charge in [0.05, 0.1) is 28.8 Å². The number of aliphatic hydroxyl groups excluding tert-OH is 1. The first-order valence-electron chi connectivity index (χ1n) is 11.0. The van der Waals surface area contributed by atoms with Gasteiger partial charge >= 0.3 is 5.91 Å². The summed E-state index contributed by atoms with van der Waals surface area (Å²) in [5.74, 6) is -2.40. The number of aromatic nitrogens is 1. The molecule has 1 atom stereocenters. The van der Waals surface area contributed by atoms with Gasteiger partial charge in [-0.05, 0) is 55.3 Å². The monoisotopic (exact) mass is 494 g/mol. The van der Waals surface area contributed by atoms with Crippen LogP contribution in [-0.4, -0.2) is 34.2 Å². The predicted molar refractivity (Wildman–Crippen MR) is 130 cm³/mol. The molecule has 2 aromatic carbocycles. The van der Waals surface area contributed by atoms with Crippen LogP contribution in [0, 0.1) is 12.7 Å². The van der Waals surface area contributed by atoms with Crippen LogP contribution in [0.2, 0.25) is 0 Å². The van der Waals surface area contributed by atoms with Gasteiger partial charge in [-0.3, -0.25) is 19.3 Å². The van der Waals surface area contributed by atoms with Gasteiger partial charge in [-0.1, -0.05) is 30.4 Å². The number of ether oxygens (including phenoxy) is 1. The summed E-state index contributed by atoms with van der Waals surface area (Å²) in [7, 11) is 0. The molecular weight excluding hydrogens is 471 g/mol. The molecule has 0 radical (unpaired) electrons. The number of Topliss-reactive ketones (excluding diaryl/α,β-unsaturated/α-hetero) is 2. The zero-order chi connectivity index (χ0) is 25.3. The molecule has 1 fully saturated rings. The van der Waals surface area contributed by atoms with Crippen molar-refractivity contribution in [2.45, 2.75) is 33.2 Å². The standard InChI is InChI=1S/C26H23FN2O5S/c1-4-12-34-19-7-5-6-17(13-19)21-20(22(31)16-8-10-18(27)11-9-16)23(32)25(33)29(21)26-28-14(2)24(35-26)15(3)30/h5-11,13,21,31H,4,12H2,1-3H3/b22-20+. The molecular formula is C26H23FN2O5S. The zero-order valence-corrected chi connectivity index (χ0v) is 20.2. The van der Waals surface area contributed by atoms with E-state index in [0.29, 0.717) is 28.5 Å². The zero-order valence-electron chi connectivity index (χ0n) is 19.4. The van der Waals surface area contributed by atoms with Crippen molar-refractivity contribution in [3.8, 4) is 5.75 Å². The lowest BCUT2D eigenvalue weighted by Crippen LogP contribution is -2.29. The number of ketones is 2. The number of carbonyl (C=O) groups excluding carboxylic acids is 3. The Balaban J connectivity index is 1.92. The summed E-state index contributed by atoms with van der Waals surface area (Å²) in [4.78, 5) is 44.5. The van der Waals surface area contributed by atoms with Gasteiger partial charge in [-0.2, -0.15) is 0 Å². The molecule has 9 heteroatoms. The average Bonchev–Trinajstić information content (AvgIpc) is 3.35. The number of rotatable bonds is 7. The van der Waals surface area contributed by atoms with E-state index >= 15 is 0 Å². The van der Waals surface area contributed by atoms with E-state index in [9.17, 15) is 23.9 Å². The molecule has 0 spiro atoms. The van der Waals surface area contributed by atoms with E-state index in [-0.39, 0.29) is 22.1 Å². The number of aliphatic hydroxyl groups is 1. The second-order valence-electron chi connectivity index (χ2n) is 8.06. The van der Waals surface area contributed by atoms with Crippen molar-refractivity contribution >= 4 is 39.7 Å². The van der Waals surface area contributed by atoms with Gasteiger partial charge in [0.25, 0.3) is 5.78 Å². The van der Waals surface area contributed by atoms with Crippen LogP contribution in [0.5, 0.6) is 5.75 Å². The largest absolute Gasteiger partial charge is 0.507 e. The van der Waals surface area contributed by atoms with Crippen molar-refractivity contribution < 1.29 is 28.6 Å². The van der Waals surface area contributed by atoms with Crippen molar-refractivity contribution in [1.29, 1.82) is 0 Å². The number of hydrogen-bond acceptors (Lipinski definition) is 7. The quantitative estimate of drug-likeness (QED) is 0.210. The molecule has 35 heavy (non-hydrogen) atoms. The minimum Gasteiger partial charge on any atom is -0.507 e. The minimum atomic E-state index is -1.03. The van der Waals surface area contributed by atoms with Gasteiger partial charge in [-0.25, -0.2) is 9.37 Å². The lowest BCUT2D eigenvalue weighted by atomic mass is 9.95. The highest BCUT2D eigenvalue weighted by atomic mass is 32.1. The maximum absolute atomic E-state index is 13.5. The first-order chi connectivity index (χ1) is 16.7. The topological polar surface area (TPSA) is 96.8 Å². The van der Waals surface area contributed by atoms with Crippen LogP contribution in [0.25, 0.3) is 5.76 Å². The average molecular weight is 495 g/mol. The summed E-state index contributed by atoms with van der Waals surface area (Å²) in [6.07, 6.45) is 0.791. The number of carbonyl (C=O) groups is 3. The van der Waals surface area contributed by atoms with Crippen LogP contribution in [0.3, 0.4) is 0 Å². The van der Waals surface area contributed by atoms with E-state index in [1.165, 1.54) is 24.0 Å². The van der Waals surface area contributed by atoms with Gasteiger partial charge in [0.15, 0.2) is 10.9 Å². The molecule has 7 nitrogen and oxygen atoms in total. The van der Waals surface area contributed by atoms with Gasteiger partial charge < -0.3 is 9.84 Å². The number of anilines is 1. The first kappa shape index (κ1) is 24.3. The highest BCUT2D eigenvalue weighted by molar-refractivity contribution is 7.18. The molecule has 1 N–H and O–H groups in total. The molecule has 1 saturated heterocycles. The fourth-order valence-electron chi connectivity index (χ4n) is 3.91. The van der Waals surface area contributed by atoms with E-state index < -0.39 is 29.3 Å². The van der Waals surface area contributed by atoms with Crippen molar-refractivity contribution in [3.63, 3.8) is 0 Å². The number of amides is 1. The molecule has 1 aliphatic heterocycles. The lowest BCUT2D eigenvalue weighted by Gasteiger charge is -2.23. The Morgan fingerprint density at radius 3 is 2.54 bits per heavy atom. The number of nitrogens with zero attached hydrogens (tertiary/aromatic N) is 2. The Morgan fingerprint density at radius 1 is 1.20 bits per heavy atom. The minimum absolute atomic E-state index is 0.161. The van der Waals surface area contributed by atoms with Crippen LogP contribution in [0.4, 0.5) is 9.52 Å². The Bertz CT molecular complexity index is 1350. The summed E-state index contributed by atoms with van der Waals surface area (Å²) in [6, 6.07) is 10.8.